The molecule has 0 aliphatic carbocycles. The summed E-state index contributed by atoms with van der Waals surface area (Å²) in [7, 11) is -1.26. The first-order chi connectivity index (χ1) is 17.6. The molecule has 0 radical (unpaired) electrons. The van der Waals surface area contributed by atoms with Gasteiger partial charge in [0.05, 0.1) is 12.1 Å². The number of nitrogens with zero attached hydrogens (tertiary/aromatic N) is 3. The van der Waals surface area contributed by atoms with Crippen LogP contribution >= 0.6 is 11.6 Å². The first-order valence-corrected chi connectivity index (χ1v) is 13.5. The summed E-state index contributed by atoms with van der Waals surface area (Å²) >= 11 is 5.76. The fraction of sp³-hybridized carbons (Fsp3) is 0.435. The van der Waals surface area contributed by atoms with Crippen molar-refractivity contribution in [3.63, 3.8) is 0 Å². The minimum Gasteiger partial charge on any atom is -0.497 e. The lowest BCUT2D eigenvalue weighted by Crippen LogP contribution is -2.63. The van der Waals surface area contributed by atoms with Crippen LogP contribution in [0.3, 0.4) is 0 Å². The molecule has 3 N–H and O–H groups in total. The van der Waals surface area contributed by atoms with E-state index < -0.39 is 39.9 Å². The number of ether oxygens (including phenoxy) is 1. The third-order valence-corrected chi connectivity index (χ3v) is 8.38. The van der Waals surface area contributed by atoms with E-state index in [2.05, 4.69) is 25.2 Å². The Labute approximate surface area is 219 Å². The summed E-state index contributed by atoms with van der Waals surface area (Å²) in [6.45, 7) is 1.30. The Morgan fingerprint density at radius 1 is 1.19 bits per heavy atom. The average Bonchev–Trinajstić information content (AvgIpc) is 2.88. The lowest BCUT2D eigenvalue weighted by atomic mass is 10.0. The van der Waals surface area contributed by atoms with Gasteiger partial charge in [-0.15, -0.1) is 0 Å². The quantitative estimate of drug-likeness (QED) is 0.493. The molecule has 1 aromatic heterocycles. The fourth-order valence-corrected chi connectivity index (χ4v) is 5.76. The molecule has 1 aromatic carbocycles. The Hall–Kier alpha value is -3.00. The lowest BCUT2D eigenvalue weighted by Gasteiger charge is -2.37. The highest BCUT2D eigenvalue weighted by Gasteiger charge is 2.43. The van der Waals surface area contributed by atoms with Crippen molar-refractivity contribution in [1.82, 2.24) is 19.3 Å². The Morgan fingerprint density at radius 3 is 2.59 bits per heavy atom. The van der Waals surface area contributed by atoms with Crippen molar-refractivity contribution in [3.8, 4) is 5.75 Å². The standard InChI is InChI=1S/C23H28ClFN6O5S/c1-30-20(23(33)28-15-3-4-18(25)17(24)11-15)13-19(29-37(30,34)35)22(32)27-14-6-9-31(10-7-14)21-12-16(36-2)5-8-26-21/h3-5,8,11-12,14,19-20,29H,6-7,9-10,13H2,1-2H3,(H,27,32)(H,28,33). The normalized spacial score (nSPS) is 22.3. The maximum absolute atomic E-state index is 13.4. The molecule has 200 valence electrons. The number of anilines is 2. The first-order valence-electron chi connectivity index (χ1n) is 11.6. The number of nitrogens with one attached hydrogen (secondary N) is 3. The van der Waals surface area contributed by atoms with E-state index in [9.17, 15) is 22.4 Å². The van der Waals surface area contributed by atoms with E-state index in [4.69, 9.17) is 16.3 Å². The topological polar surface area (TPSA) is 133 Å². The number of methoxy groups -OCH3 is 1. The van der Waals surface area contributed by atoms with Gasteiger partial charge in [-0.25, -0.2) is 9.37 Å². The first kappa shape index (κ1) is 27.0. The van der Waals surface area contributed by atoms with Crippen molar-refractivity contribution in [2.75, 3.05) is 37.5 Å². The number of pyridine rings is 1. The van der Waals surface area contributed by atoms with Crippen molar-refractivity contribution in [3.05, 3.63) is 47.4 Å². The molecular formula is C23H28ClFN6O5S. The highest BCUT2D eigenvalue weighted by molar-refractivity contribution is 7.87. The predicted octanol–water partition coefficient (Wildman–Crippen LogP) is 1.51. The van der Waals surface area contributed by atoms with Crippen LogP contribution < -0.4 is 25.0 Å². The van der Waals surface area contributed by atoms with Gasteiger partial charge >= 0.3 is 0 Å². The molecule has 0 spiro atoms. The number of amides is 2. The van der Waals surface area contributed by atoms with Crippen molar-refractivity contribution >= 4 is 45.1 Å². The summed E-state index contributed by atoms with van der Waals surface area (Å²) in [5.74, 6) is -0.326. The second kappa shape index (κ2) is 11.2. The molecule has 3 heterocycles. The van der Waals surface area contributed by atoms with E-state index in [0.29, 0.717) is 31.7 Å². The number of carbonyl (C=O) groups excluding carboxylic acids is 2. The third-order valence-electron chi connectivity index (χ3n) is 6.49. The van der Waals surface area contributed by atoms with Gasteiger partial charge in [-0.3, -0.25) is 9.59 Å². The molecule has 0 saturated carbocycles. The van der Waals surface area contributed by atoms with E-state index in [1.54, 1.807) is 19.4 Å². The lowest BCUT2D eigenvalue weighted by molar-refractivity contribution is -0.125. The number of hydrogen-bond acceptors (Lipinski definition) is 7. The summed E-state index contributed by atoms with van der Waals surface area (Å²) in [5, 5.41) is 5.27. The zero-order chi connectivity index (χ0) is 26.7. The fourth-order valence-electron chi connectivity index (χ4n) is 4.34. The zero-order valence-corrected chi connectivity index (χ0v) is 21.9. The van der Waals surface area contributed by atoms with Gasteiger partial charge in [0.25, 0.3) is 10.2 Å². The number of rotatable bonds is 6. The number of likely N-dealkylation sites (N-methyl/N-ethyl adjacent to an activating group) is 1. The second-order valence-electron chi connectivity index (χ2n) is 8.89. The zero-order valence-electron chi connectivity index (χ0n) is 20.3. The monoisotopic (exact) mass is 554 g/mol. The summed E-state index contributed by atoms with van der Waals surface area (Å²) < 4.78 is 47.2. The van der Waals surface area contributed by atoms with Crippen LogP contribution in [0.2, 0.25) is 5.02 Å². The molecule has 4 rings (SSSR count). The minimum absolute atomic E-state index is 0.0884. The van der Waals surface area contributed by atoms with Crippen LogP contribution in [0.15, 0.2) is 36.5 Å². The van der Waals surface area contributed by atoms with Crippen molar-refractivity contribution in [2.24, 2.45) is 0 Å². The molecule has 2 atom stereocenters. The molecule has 2 aromatic rings. The van der Waals surface area contributed by atoms with Crippen LogP contribution in [0.4, 0.5) is 15.9 Å². The summed E-state index contributed by atoms with van der Waals surface area (Å²) in [5.41, 5.74) is 0.207. The molecule has 2 aliphatic rings. The molecule has 2 aliphatic heterocycles. The van der Waals surface area contributed by atoms with Crippen LogP contribution in [-0.4, -0.2) is 74.9 Å². The molecule has 2 amide bonds. The molecule has 2 unspecified atom stereocenters. The van der Waals surface area contributed by atoms with Crippen molar-refractivity contribution < 1.29 is 27.1 Å². The van der Waals surface area contributed by atoms with E-state index in [1.807, 2.05) is 6.07 Å². The van der Waals surface area contributed by atoms with E-state index in [1.165, 1.54) is 19.2 Å². The number of piperidine rings is 1. The van der Waals surface area contributed by atoms with E-state index in [0.717, 1.165) is 16.2 Å². The molecule has 11 nitrogen and oxygen atoms in total. The van der Waals surface area contributed by atoms with Crippen LogP contribution in [-0.2, 0) is 19.8 Å². The van der Waals surface area contributed by atoms with E-state index in [-0.39, 0.29) is 23.2 Å². The van der Waals surface area contributed by atoms with Gasteiger partial charge in [0.1, 0.15) is 29.5 Å². The highest BCUT2D eigenvalue weighted by atomic mass is 35.5. The highest BCUT2D eigenvalue weighted by Crippen LogP contribution is 2.24. The Kier molecular flexibility index (Phi) is 8.17. The van der Waals surface area contributed by atoms with Crippen molar-refractivity contribution in [1.29, 1.82) is 0 Å². The van der Waals surface area contributed by atoms with Gasteiger partial charge < -0.3 is 20.3 Å². The maximum Gasteiger partial charge on any atom is 0.280 e. The van der Waals surface area contributed by atoms with Crippen LogP contribution in [0.1, 0.15) is 19.3 Å². The van der Waals surface area contributed by atoms with Gasteiger partial charge in [-0.05, 0) is 43.5 Å². The largest absolute Gasteiger partial charge is 0.497 e. The molecule has 2 fully saturated rings. The number of aromatic nitrogens is 1. The number of hydrogen-bond donors (Lipinski definition) is 3. The SMILES string of the molecule is COc1ccnc(N2CCC(NC(=O)C3CC(C(=O)Nc4ccc(F)c(Cl)c4)N(C)S(=O)(=O)N3)CC2)c1. The predicted molar refractivity (Wildman–Crippen MR) is 136 cm³/mol. The Bertz CT molecular complexity index is 1270. The third kappa shape index (κ3) is 6.29. The molecule has 2 saturated heterocycles. The van der Waals surface area contributed by atoms with Crippen LogP contribution in [0.5, 0.6) is 5.75 Å². The van der Waals surface area contributed by atoms with Crippen LogP contribution in [0, 0.1) is 5.82 Å². The van der Waals surface area contributed by atoms with E-state index >= 15 is 0 Å². The van der Waals surface area contributed by atoms with Gasteiger partial charge in [0, 0.05) is 44.1 Å². The minimum atomic E-state index is -4.10. The molecule has 14 heteroatoms. The molecular weight excluding hydrogens is 527 g/mol. The second-order valence-corrected chi connectivity index (χ2v) is 11.1. The van der Waals surface area contributed by atoms with Gasteiger partial charge in [0.15, 0.2) is 0 Å². The summed E-state index contributed by atoms with van der Waals surface area (Å²) in [6, 6.07) is 4.78. The molecule has 0 bridgehead atoms. The number of benzene rings is 1. The molecule has 37 heavy (non-hydrogen) atoms. The Morgan fingerprint density at radius 2 is 1.92 bits per heavy atom. The smallest absolute Gasteiger partial charge is 0.280 e. The summed E-state index contributed by atoms with van der Waals surface area (Å²) in [4.78, 5) is 32.4. The Balaban J connectivity index is 1.37. The summed E-state index contributed by atoms with van der Waals surface area (Å²) in [6.07, 6.45) is 2.86. The van der Waals surface area contributed by atoms with Gasteiger partial charge in [0.2, 0.25) is 11.8 Å². The van der Waals surface area contributed by atoms with Gasteiger partial charge in [-0.1, -0.05) is 11.6 Å². The van der Waals surface area contributed by atoms with Crippen LogP contribution in [0.25, 0.3) is 0 Å². The van der Waals surface area contributed by atoms with Crippen molar-refractivity contribution in [2.45, 2.75) is 37.4 Å². The maximum atomic E-state index is 13.4. The number of halogens is 2. The van der Waals surface area contributed by atoms with Gasteiger partial charge in [-0.2, -0.15) is 17.4 Å². The number of carbonyl (C=O) groups is 2. The average molecular weight is 555 g/mol.